The van der Waals surface area contributed by atoms with E-state index in [9.17, 15) is 4.79 Å². The molecule has 0 bridgehead atoms. The molecule has 0 heterocycles. The summed E-state index contributed by atoms with van der Waals surface area (Å²) < 4.78 is 0. The first kappa shape index (κ1) is 17.5. The molecule has 0 saturated heterocycles. The fourth-order valence-corrected chi connectivity index (χ4v) is 7.75. The van der Waals surface area contributed by atoms with E-state index in [1.807, 2.05) is 0 Å². The Morgan fingerprint density at radius 3 is 2.35 bits per heavy atom. The molecule has 0 N–H and O–H groups in total. The van der Waals surface area contributed by atoms with Crippen molar-refractivity contribution in [3.05, 3.63) is 0 Å². The van der Waals surface area contributed by atoms with Gasteiger partial charge in [-0.1, -0.05) is 40.5 Å². The van der Waals surface area contributed by atoms with Gasteiger partial charge in [-0.15, -0.1) is 0 Å². The first-order valence-electron chi connectivity index (χ1n) is 10.4. The van der Waals surface area contributed by atoms with E-state index in [1.165, 1.54) is 64.1 Å². The zero-order valence-electron chi connectivity index (χ0n) is 15.9. The van der Waals surface area contributed by atoms with E-state index in [0.717, 1.165) is 30.1 Å². The van der Waals surface area contributed by atoms with E-state index in [1.54, 1.807) is 0 Å². The third-order valence-corrected chi connectivity index (χ3v) is 8.92. The Morgan fingerprint density at radius 2 is 1.70 bits per heavy atom. The molecule has 3 rings (SSSR count). The Bertz CT molecular complexity index is 430. The van der Waals surface area contributed by atoms with Gasteiger partial charge in [-0.2, -0.15) is 0 Å². The van der Waals surface area contributed by atoms with Crippen molar-refractivity contribution in [3.63, 3.8) is 0 Å². The monoisotopic (exact) mass is 318 g/mol. The van der Waals surface area contributed by atoms with Gasteiger partial charge in [0.1, 0.15) is 6.29 Å². The van der Waals surface area contributed by atoms with Crippen molar-refractivity contribution < 1.29 is 4.79 Å². The van der Waals surface area contributed by atoms with Crippen LogP contribution in [0.3, 0.4) is 0 Å². The third-order valence-electron chi connectivity index (χ3n) is 8.92. The summed E-state index contributed by atoms with van der Waals surface area (Å²) >= 11 is 0. The minimum absolute atomic E-state index is 0.421. The lowest BCUT2D eigenvalue weighted by molar-refractivity contribution is -0.119. The van der Waals surface area contributed by atoms with E-state index in [-0.39, 0.29) is 0 Å². The Labute approximate surface area is 144 Å². The van der Waals surface area contributed by atoms with Crippen molar-refractivity contribution in [1.82, 2.24) is 0 Å². The predicted molar refractivity (Wildman–Crippen MR) is 97.2 cm³/mol. The van der Waals surface area contributed by atoms with Crippen molar-refractivity contribution in [2.45, 2.75) is 91.9 Å². The second-order valence-electron chi connectivity index (χ2n) is 9.54. The zero-order chi connectivity index (χ0) is 16.7. The van der Waals surface area contributed by atoms with E-state index < -0.39 is 0 Å². The van der Waals surface area contributed by atoms with Crippen LogP contribution in [0.25, 0.3) is 0 Å². The molecular formula is C22H38O. The number of carbonyl (C=O) groups excluding carboxylic acids is 1. The van der Waals surface area contributed by atoms with Gasteiger partial charge in [0.2, 0.25) is 0 Å². The topological polar surface area (TPSA) is 17.1 Å². The predicted octanol–water partition coefficient (Wildman–Crippen LogP) is 6.26. The van der Waals surface area contributed by atoms with Gasteiger partial charge in [-0.05, 0) is 85.4 Å². The fraction of sp³-hybridized carbons (Fsp3) is 0.955. The summed E-state index contributed by atoms with van der Waals surface area (Å²) in [5.41, 5.74) is 1.05. The first-order chi connectivity index (χ1) is 11.0. The average molecular weight is 319 g/mol. The molecule has 7 unspecified atom stereocenters. The second-order valence-corrected chi connectivity index (χ2v) is 9.54. The van der Waals surface area contributed by atoms with Crippen LogP contribution in [-0.2, 0) is 4.79 Å². The second kappa shape index (κ2) is 6.52. The van der Waals surface area contributed by atoms with Gasteiger partial charge in [-0.25, -0.2) is 0 Å². The first-order valence-corrected chi connectivity index (χ1v) is 10.4. The van der Waals surface area contributed by atoms with Crippen LogP contribution < -0.4 is 0 Å². The standard InChI is InChI=1S/C22H38O/c1-5-13-21(3)17(12-15-23)7-9-18-19-10-8-16(6-2)22(19,4)14-11-20(18)21/h15-20H,5-14H2,1-4H3. The SMILES string of the molecule is CCCC1(C)C(CC=O)CCC2C3CCC(CC)C3(C)CCC21. The Hall–Kier alpha value is -0.330. The Kier molecular flexibility index (Phi) is 4.96. The molecule has 0 aliphatic heterocycles. The molecular weight excluding hydrogens is 280 g/mol. The van der Waals surface area contributed by atoms with Crippen LogP contribution in [0.4, 0.5) is 0 Å². The van der Waals surface area contributed by atoms with Crippen LogP contribution in [0.2, 0.25) is 0 Å². The molecule has 0 spiro atoms. The van der Waals surface area contributed by atoms with Gasteiger partial charge >= 0.3 is 0 Å². The van der Waals surface area contributed by atoms with E-state index in [0.29, 0.717) is 16.7 Å². The molecule has 132 valence electrons. The van der Waals surface area contributed by atoms with Gasteiger partial charge in [0.25, 0.3) is 0 Å². The summed E-state index contributed by atoms with van der Waals surface area (Å²) in [6.45, 7) is 9.93. The molecule has 7 atom stereocenters. The molecule has 1 heteroatoms. The van der Waals surface area contributed by atoms with Gasteiger partial charge in [0.05, 0.1) is 0 Å². The molecule has 3 fully saturated rings. The largest absolute Gasteiger partial charge is 0.303 e. The fourth-order valence-electron chi connectivity index (χ4n) is 7.75. The average Bonchev–Trinajstić information content (AvgIpc) is 2.87. The van der Waals surface area contributed by atoms with E-state index in [4.69, 9.17) is 0 Å². The minimum Gasteiger partial charge on any atom is -0.303 e. The molecule has 3 aliphatic rings. The van der Waals surface area contributed by atoms with Crippen LogP contribution in [0, 0.1) is 40.4 Å². The van der Waals surface area contributed by atoms with Crippen LogP contribution in [0.5, 0.6) is 0 Å². The number of fused-ring (bicyclic) bond motifs is 3. The highest BCUT2D eigenvalue weighted by molar-refractivity contribution is 5.50. The molecule has 3 saturated carbocycles. The lowest BCUT2D eigenvalue weighted by atomic mass is 9.46. The molecule has 3 aliphatic carbocycles. The van der Waals surface area contributed by atoms with E-state index in [2.05, 4.69) is 27.7 Å². The van der Waals surface area contributed by atoms with Crippen molar-refractivity contribution in [3.8, 4) is 0 Å². The molecule has 0 radical (unpaired) electrons. The van der Waals surface area contributed by atoms with Crippen molar-refractivity contribution >= 4 is 6.29 Å². The molecule has 0 amide bonds. The zero-order valence-corrected chi connectivity index (χ0v) is 15.9. The Balaban J connectivity index is 1.87. The highest BCUT2D eigenvalue weighted by Gasteiger charge is 2.58. The van der Waals surface area contributed by atoms with Crippen LogP contribution >= 0.6 is 0 Å². The highest BCUT2D eigenvalue weighted by Crippen LogP contribution is 2.66. The Morgan fingerprint density at radius 1 is 0.957 bits per heavy atom. The summed E-state index contributed by atoms with van der Waals surface area (Å²) in [7, 11) is 0. The maximum absolute atomic E-state index is 11.2. The maximum Gasteiger partial charge on any atom is 0.120 e. The minimum atomic E-state index is 0.421. The molecule has 0 aromatic heterocycles. The number of carbonyl (C=O) groups is 1. The van der Waals surface area contributed by atoms with Crippen LogP contribution in [0.15, 0.2) is 0 Å². The lowest BCUT2D eigenvalue weighted by Crippen LogP contribution is -2.51. The number of aldehydes is 1. The summed E-state index contributed by atoms with van der Waals surface area (Å²) in [5.74, 6) is 4.42. The van der Waals surface area contributed by atoms with Gasteiger partial charge in [0, 0.05) is 6.42 Å². The smallest absolute Gasteiger partial charge is 0.120 e. The maximum atomic E-state index is 11.2. The number of rotatable bonds is 5. The normalized spacial score (nSPS) is 49.5. The summed E-state index contributed by atoms with van der Waals surface area (Å²) in [5, 5.41) is 0. The van der Waals surface area contributed by atoms with E-state index >= 15 is 0 Å². The van der Waals surface area contributed by atoms with Gasteiger partial charge < -0.3 is 4.79 Å². The van der Waals surface area contributed by atoms with Crippen LogP contribution in [0.1, 0.15) is 91.9 Å². The molecule has 23 heavy (non-hydrogen) atoms. The van der Waals surface area contributed by atoms with Crippen molar-refractivity contribution in [1.29, 1.82) is 0 Å². The van der Waals surface area contributed by atoms with Gasteiger partial charge in [0.15, 0.2) is 0 Å². The van der Waals surface area contributed by atoms with Crippen molar-refractivity contribution in [2.24, 2.45) is 40.4 Å². The number of hydrogen-bond donors (Lipinski definition) is 0. The number of hydrogen-bond acceptors (Lipinski definition) is 1. The lowest BCUT2D eigenvalue weighted by Gasteiger charge is -2.59. The summed E-state index contributed by atoms with van der Waals surface area (Å²) in [6.07, 6.45) is 14.5. The van der Waals surface area contributed by atoms with Gasteiger partial charge in [-0.3, -0.25) is 0 Å². The molecule has 0 aromatic rings. The van der Waals surface area contributed by atoms with Crippen LogP contribution in [-0.4, -0.2) is 6.29 Å². The third kappa shape index (κ3) is 2.61. The quantitative estimate of drug-likeness (QED) is 0.547. The highest BCUT2D eigenvalue weighted by atomic mass is 16.1. The summed E-state index contributed by atoms with van der Waals surface area (Å²) in [6, 6.07) is 0. The molecule has 0 aromatic carbocycles. The molecule has 1 nitrogen and oxygen atoms in total. The van der Waals surface area contributed by atoms with Crippen molar-refractivity contribution in [2.75, 3.05) is 0 Å². The summed E-state index contributed by atoms with van der Waals surface area (Å²) in [4.78, 5) is 11.2.